The average molecular weight is 335 g/mol. The Morgan fingerprint density at radius 2 is 1.88 bits per heavy atom. The number of aromatic nitrogens is 2. The summed E-state index contributed by atoms with van der Waals surface area (Å²) in [6, 6.07) is 8.93. The maximum atomic E-state index is 12.7. The second kappa shape index (κ2) is 6.25. The fourth-order valence-electron chi connectivity index (χ4n) is 4.51. The van der Waals surface area contributed by atoms with Crippen LogP contribution in [0.15, 0.2) is 36.7 Å². The maximum Gasteiger partial charge on any atom is 0.274 e. The van der Waals surface area contributed by atoms with Crippen LogP contribution in [0.2, 0.25) is 0 Å². The third kappa shape index (κ3) is 2.84. The lowest BCUT2D eigenvalue weighted by Gasteiger charge is -2.46. The van der Waals surface area contributed by atoms with Gasteiger partial charge in [-0.3, -0.25) is 9.78 Å². The van der Waals surface area contributed by atoms with Crippen molar-refractivity contribution < 1.29 is 4.79 Å². The van der Waals surface area contributed by atoms with Crippen molar-refractivity contribution in [2.75, 3.05) is 13.1 Å². The summed E-state index contributed by atoms with van der Waals surface area (Å²) >= 11 is 0. The number of fused-ring (bicyclic) bond motifs is 2. The average Bonchev–Trinajstić information content (AvgIpc) is 2.66. The zero-order chi connectivity index (χ0) is 17.4. The Morgan fingerprint density at radius 3 is 2.60 bits per heavy atom. The van der Waals surface area contributed by atoms with Gasteiger partial charge in [-0.15, -0.1) is 0 Å². The number of nitrogens with zero attached hydrogens (tertiary/aromatic N) is 3. The topological polar surface area (TPSA) is 46.1 Å². The minimum absolute atomic E-state index is 0.0137. The van der Waals surface area contributed by atoms with Crippen molar-refractivity contribution in [2.24, 2.45) is 0 Å². The number of hydrogen-bond donors (Lipinski definition) is 0. The van der Waals surface area contributed by atoms with Gasteiger partial charge in [-0.1, -0.05) is 31.2 Å². The SMILES string of the molecule is Cc1cnc(C(=O)N2CCC3(CCC(C)c4ccccc43)CC2)cn1. The molecule has 0 saturated carbocycles. The van der Waals surface area contributed by atoms with Gasteiger partial charge >= 0.3 is 0 Å². The van der Waals surface area contributed by atoms with Crippen molar-refractivity contribution in [3.63, 3.8) is 0 Å². The number of benzene rings is 1. The van der Waals surface area contributed by atoms with Crippen LogP contribution >= 0.6 is 0 Å². The molecule has 1 amide bonds. The first kappa shape index (κ1) is 16.2. The first-order valence-electron chi connectivity index (χ1n) is 9.26. The predicted molar refractivity (Wildman–Crippen MR) is 97.7 cm³/mol. The van der Waals surface area contributed by atoms with Gasteiger partial charge in [0.2, 0.25) is 0 Å². The molecule has 2 heterocycles. The molecule has 25 heavy (non-hydrogen) atoms. The van der Waals surface area contributed by atoms with Crippen molar-refractivity contribution in [2.45, 2.75) is 50.9 Å². The normalized spacial score (nSPS) is 21.8. The van der Waals surface area contributed by atoms with Crippen LogP contribution in [-0.4, -0.2) is 33.9 Å². The maximum absolute atomic E-state index is 12.7. The van der Waals surface area contributed by atoms with E-state index in [1.165, 1.54) is 24.0 Å². The first-order valence-corrected chi connectivity index (χ1v) is 9.26. The van der Waals surface area contributed by atoms with Gasteiger partial charge in [0, 0.05) is 19.3 Å². The zero-order valence-electron chi connectivity index (χ0n) is 15.0. The van der Waals surface area contributed by atoms with E-state index in [-0.39, 0.29) is 11.3 Å². The van der Waals surface area contributed by atoms with Gasteiger partial charge in [0.25, 0.3) is 5.91 Å². The van der Waals surface area contributed by atoms with Gasteiger partial charge in [-0.05, 0) is 55.1 Å². The Kier molecular flexibility index (Phi) is 4.06. The standard InChI is InChI=1S/C21H25N3O/c1-15-7-8-21(18-6-4-3-5-17(15)18)9-11-24(12-10-21)20(25)19-14-22-16(2)13-23-19/h3-6,13-15H,7-12H2,1-2H3. The molecule has 1 aliphatic heterocycles. The molecule has 4 nitrogen and oxygen atoms in total. The van der Waals surface area contributed by atoms with Crippen LogP contribution in [0.4, 0.5) is 0 Å². The molecule has 2 aliphatic rings. The van der Waals surface area contributed by atoms with E-state index >= 15 is 0 Å². The smallest absolute Gasteiger partial charge is 0.274 e. The second-order valence-electron chi connectivity index (χ2n) is 7.64. The Balaban J connectivity index is 1.53. The highest BCUT2D eigenvalue weighted by Crippen LogP contribution is 2.48. The number of carbonyl (C=O) groups excluding carboxylic acids is 1. The van der Waals surface area contributed by atoms with Crippen molar-refractivity contribution >= 4 is 5.91 Å². The van der Waals surface area contributed by atoms with E-state index in [0.717, 1.165) is 31.6 Å². The van der Waals surface area contributed by atoms with Crippen LogP contribution in [0.1, 0.15) is 65.8 Å². The van der Waals surface area contributed by atoms with Gasteiger partial charge < -0.3 is 4.90 Å². The summed E-state index contributed by atoms with van der Waals surface area (Å²) in [4.78, 5) is 23.1. The molecule has 2 aromatic rings. The number of carbonyl (C=O) groups is 1. The molecule has 4 heteroatoms. The Labute approximate surface area is 149 Å². The van der Waals surface area contributed by atoms with E-state index in [0.29, 0.717) is 11.6 Å². The molecule has 1 atom stereocenters. The van der Waals surface area contributed by atoms with Gasteiger partial charge in [-0.2, -0.15) is 0 Å². The van der Waals surface area contributed by atoms with Crippen molar-refractivity contribution in [1.29, 1.82) is 0 Å². The summed E-state index contributed by atoms with van der Waals surface area (Å²) in [5, 5.41) is 0. The van der Waals surface area contributed by atoms with E-state index in [2.05, 4.69) is 41.2 Å². The van der Waals surface area contributed by atoms with Crippen LogP contribution in [0, 0.1) is 6.92 Å². The van der Waals surface area contributed by atoms with Crippen LogP contribution in [0.5, 0.6) is 0 Å². The largest absolute Gasteiger partial charge is 0.337 e. The molecule has 1 aromatic heterocycles. The number of amides is 1. The molecule has 0 bridgehead atoms. The Hall–Kier alpha value is -2.23. The molecular formula is C21H25N3O. The predicted octanol–water partition coefficient (Wildman–Crippen LogP) is 3.86. The van der Waals surface area contributed by atoms with Crippen LogP contribution < -0.4 is 0 Å². The van der Waals surface area contributed by atoms with Crippen LogP contribution in [0.3, 0.4) is 0 Å². The van der Waals surface area contributed by atoms with Gasteiger partial charge in [0.05, 0.1) is 11.9 Å². The molecule has 1 aliphatic carbocycles. The van der Waals surface area contributed by atoms with Crippen molar-refractivity contribution in [3.8, 4) is 0 Å². The molecule has 0 N–H and O–H groups in total. The number of aryl methyl sites for hydroxylation is 1. The van der Waals surface area contributed by atoms with E-state index in [4.69, 9.17) is 0 Å². The number of rotatable bonds is 1. The molecule has 4 rings (SSSR count). The third-order valence-corrected chi connectivity index (χ3v) is 6.13. The lowest BCUT2D eigenvalue weighted by atomic mass is 9.62. The minimum Gasteiger partial charge on any atom is -0.337 e. The Morgan fingerprint density at radius 1 is 1.12 bits per heavy atom. The molecule has 1 spiro atoms. The van der Waals surface area contributed by atoms with Gasteiger partial charge in [0.15, 0.2) is 0 Å². The molecular weight excluding hydrogens is 310 g/mol. The first-order chi connectivity index (χ1) is 12.1. The van der Waals surface area contributed by atoms with E-state index in [1.54, 1.807) is 12.4 Å². The highest BCUT2D eigenvalue weighted by molar-refractivity contribution is 5.92. The van der Waals surface area contributed by atoms with Crippen LogP contribution in [-0.2, 0) is 5.41 Å². The quantitative estimate of drug-likeness (QED) is 0.795. The molecule has 1 fully saturated rings. The highest BCUT2D eigenvalue weighted by Gasteiger charge is 2.41. The molecule has 0 radical (unpaired) electrons. The zero-order valence-corrected chi connectivity index (χ0v) is 15.0. The second-order valence-corrected chi connectivity index (χ2v) is 7.64. The van der Waals surface area contributed by atoms with E-state index in [9.17, 15) is 4.79 Å². The lowest BCUT2D eigenvalue weighted by Crippen LogP contribution is -2.47. The summed E-state index contributed by atoms with van der Waals surface area (Å²) in [5.74, 6) is 0.657. The van der Waals surface area contributed by atoms with E-state index in [1.807, 2.05) is 11.8 Å². The fourth-order valence-corrected chi connectivity index (χ4v) is 4.51. The van der Waals surface area contributed by atoms with Gasteiger partial charge in [0.1, 0.15) is 5.69 Å². The monoisotopic (exact) mass is 335 g/mol. The summed E-state index contributed by atoms with van der Waals surface area (Å²) in [6.45, 7) is 5.82. The molecule has 1 unspecified atom stereocenters. The summed E-state index contributed by atoms with van der Waals surface area (Å²) in [6.07, 6.45) is 7.83. The van der Waals surface area contributed by atoms with E-state index < -0.39 is 0 Å². The minimum atomic E-state index is 0.0137. The van der Waals surface area contributed by atoms with Crippen LogP contribution in [0.25, 0.3) is 0 Å². The number of hydrogen-bond acceptors (Lipinski definition) is 3. The molecule has 130 valence electrons. The van der Waals surface area contributed by atoms with Crippen molar-refractivity contribution in [3.05, 3.63) is 59.2 Å². The van der Waals surface area contributed by atoms with Crippen molar-refractivity contribution in [1.82, 2.24) is 14.9 Å². The summed E-state index contributed by atoms with van der Waals surface area (Å²) in [5.41, 5.74) is 4.58. The molecule has 1 saturated heterocycles. The highest BCUT2D eigenvalue weighted by atomic mass is 16.2. The molecule has 1 aromatic carbocycles. The van der Waals surface area contributed by atoms with Gasteiger partial charge in [-0.25, -0.2) is 4.98 Å². The number of piperidine rings is 1. The lowest BCUT2D eigenvalue weighted by molar-refractivity contribution is 0.0643. The third-order valence-electron chi connectivity index (χ3n) is 6.13. The Bertz CT molecular complexity index is 776. The fraction of sp³-hybridized carbons (Fsp3) is 0.476. The summed E-state index contributed by atoms with van der Waals surface area (Å²) < 4.78 is 0. The number of likely N-dealkylation sites (tertiary alicyclic amines) is 1. The summed E-state index contributed by atoms with van der Waals surface area (Å²) in [7, 11) is 0.